The summed E-state index contributed by atoms with van der Waals surface area (Å²) in [6, 6.07) is 13.4. The van der Waals surface area contributed by atoms with E-state index in [0.717, 1.165) is 48.5 Å². The lowest BCUT2D eigenvalue weighted by Gasteiger charge is -2.30. The summed E-state index contributed by atoms with van der Waals surface area (Å²) < 4.78 is 28.2. The smallest absolute Gasteiger partial charge is 0.264 e. The molecule has 188 valence electrons. The van der Waals surface area contributed by atoms with Crippen LogP contribution in [0.15, 0.2) is 53.4 Å². The second kappa shape index (κ2) is 9.68. The SMILES string of the molecule is CCN1CCc2c(sc(NC(=O)c3ccc(S(=O)(=O)N4CCCc5ccccc54)cc3)c2C(N)=O)C1. The minimum Gasteiger partial charge on any atom is -0.365 e. The van der Waals surface area contributed by atoms with Crippen molar-refractivity contribution in [2.45, 2.75) is 37.6 Å². The maximum absolute atomic E-state index is 13.4. The fourth-order valence-corrected chi connectivity index (χ4v) is 7.74. The Labute approximate surface area is 214 Å². The van der Waals surface area contributed by atoms with E-state index in [0.29, 0.717) is 34.8 Å². The quantitative estimate of drug-likeness (QED) is 0.512. The first-order chi connectivity index (χ1) is 17.3. The normalized spacial score (nSPS) is 15.8. The first-order valence-corrected chi connectivity index (χ1v) is 14.2. The Hall–Kier alpha value is -3.21. The van der Waals surface area contributed by atoms with E-state index in [1.165, 1.54) is 39.9 Å². The average molecular weight is 525 g/mol. The number of nitrogens with one attached hydrogen (secondary N) is 1. The van der Waals surface area contributed by atoms with Crippen molar-refractivity contribution in [3.05, 3.63) is 75.7 Å². The predicted octanol–water partition coefficient (Wildman–Crippen LogP) is 3.62. The lowest BCUT2D eigenvalue weighted by molar-refractivity contribution is 0.1000. The van der Waals surface area contributed by atoms with E-state index in [1.807, 2.05) is 24.3 Å². The Morgan fingerprint density at radius 3 is 2.53 bits per heavy atom. The van der Waals surface area contributed by atoms with E-state index in [1.54, 1.807) is 0 Å². The summed E-state index contributed by atoms with van der Waals surface area (Å²) in [7, 11) is -3.77. The van der Waals surface area contributed by atoms with E-state index < -0.39 is 21.8 Å². The van der Waals surface area contributed by atoms with E-state index in [-0.39, 0.29) is 4.90 Å². The van der Waals surface area contributed by atoms with Crippen molar-refractivity contribution in [2.24, 2.45) is 5.73 Å². The number of nitrogens with zero attached hydrogens (tertiary/aromatic N) is 2. The van der Waals surface area contributed by atoms with Gasteiger partial charge >= 0.3 is 0 Å². The molecular formula is C26H28N4O4S2. The van der Waals surface area contributed by atoms with Gasteiger partial charge < -0.3 is 11.1 Å². The number of amides is 2. The maximum Gasteiger partial charge on any atom is 0.264 e. The molecule has 0 spiro atoms. The molecule has 3 aromatic rings. The summed E-state index contributed by atoms with van der Waals surface area (Å²) in [6.07, 6.45) is 2.30. The van der Waals surface area contributed by atoms with Crippen molar-refractivity contribution in [2.75, 3.05) is 29.3 Å². The minimum absolute atomic E-state index is 0.125. The molecule has 2 amide bonds. The van der Waals surface area contributed by atoms with Crippen molar-refractivity contribution >= 4 is 43.9 Å². The Morgan fingerprint density at radius 2 is 1.81 bits per heavy atom. The first-order valence-electron chi connectivity index (χ1n) is 12.0. The second-order valence-corrected chi connectivity index (χ2v) is 11.9. The summed E-state index contributed by atoms with van der Waals surface area (Å²) in [5.41, 5.74) is 8.96. The van der Waals surface area contributed by atoms with Gasteiger partial charge in [-0.25, -0.2) is 8.42 Å². The van der Waals surface area contributed by atoms with Gasteiger partial charge in [0.25, 0.3) is 21.8 Å². The zero-order valence-corrected chi connectivity index (χ0v) is 21.6. The third-order valence-corrected chi connectivity index (χ3v) is 9.79. The number of thiophene rings is 1. The van der Waals surface area contributed by atoms with Gasteiger partial charge in [0.05, 0.1) is 16.1 Å². The minimum atomic E-state index is -3.77. The van der Waals surface area contributed by atoms with E-state index >= 15 is 0 Å². The van der Waals surface area contributed by atoms with Crippen LogP contribution in [0.2, 0.25) is 0 Å². The number of anilines is 2. The van der Waals surface area contributed by atoms with Gasteiger partial charge in [0, 0.05) is 30.1 Å². The molecule has 36 heavy (non-hydrogen) atoms. The molecule has 10 heteroatoms. The van der Waals surface area contributed by atoms with Crippen molar-refractivity contribution in [3.8, 4) is 0 Å². The number of likely N-dealkylation sites (N-methyl/N-ethyl adjacent to an activating group) is 1. The monoisotopic (exact) mass is 524 g/mol. The van der Waals surface area contributed by atoms with Crippen LogP contribution in [0.1, 0.15) is 50.1 Å². The number of hydrogen-bond donors (Lipinski definition) is 2. The van der Waals surface area contributed by atoms with Crippen LogP contribution in [0, 0.1) is 0 Å². The highest BCUT2D eigenvalue weighted by Gasteiger charge is 2.30. The molecule has 0 saturated heterocycles. The Balaban J connectivity index is 1.38. The summed E-state index contributed by atoms with van der Waals surface area (Å²) in [6.45, 7) is 4.97. The molecular weight excluding hydrogens is 496 g/mol. The van der Waals surface area contributed by atoms with Crippen LogP contribution in [-0.4, -0.2) is 44.8 Å². The average Bonchev–Trinajstić information content (AvgIpc) is 3.25. The number of hydrogen-bond acceptors (Lipinski definition) is 6. The number of carbonyl (C=O) groups is 2. The van der Waals surface area contributed by atoms with Crippen LogP contribution in [0.3, 0.4) is 0 Å². The van der Waals surface area contributed by atoms with E-state index in [2.05, 4.69) is 17.1 Å². The number of nitrogens with two attached hydrogens (primary N) is 1. The standard InChI is InChI=1S/C26H28N4O4S2/c1-2-29-15-13-20-22(16-29)35-26(23(20)24(27)31)28-25(32)18-9-11-19(12-10-18)36(33,34)30-14-5-7-17-6-3-4-8-21(17)30/h3-4,6,8-12H,2,5,7,13-16H2,1H3,(H2,27,31)(H,28,32). The van der Waals surface area contributed by atoms with Crippen molar-refractivity contribution in [1.82, 2.24) is 4.90 Å². The molecule has 0 atom stereocenters. The fraction of sp³-hybridized carbons (Fsp3) is 0.308. The topological polar surface area (TPSA) is 113 Å². The number of benzene rings is 2. The zero-order valence-electron chi connectivity index (χ0n) is 20.0. The molecule has 3 heterocycles. The van der Waals surface area contributed by atoms with Crippen molar-refractivity contribution < 1.29 is 18.0 Å². The summed E-state index contributed by atoms with van der Waals surface area (Å²) >= 11 is 1.38. The highest BCUT2D eigenvalue weighted by molar-refractivity contribution is 7.92. The van der Waals surface area contributed by atoms with Gasteiger partial charge in [0.1, 0.15) is 5.00 Å². The lowest BCUT2D eigenvalue weighted by Crippen LogP contribution is -2.35. The third kappa shape index (κ3) is 4.40. The summed E-state index contributed by atoms with van der Waals surface area (Å²) in [5.74, 6) is -0.980. The van der Waals surface area contributed by atoms with Crippen LogP contribution in [0.5, 0.6) is 0 Å². The number of carbonyl (C=O) groups excluding carboxylic acids is 2. The molecule has 2 aliphatic rings. The number of rotatable bonds is 6. The van der Waals surface area contributed by atoms with Crippen molar-refractivity contribution in [3.63, 3.8) is 0 Å². The number of aryl methyl sites for hydroxylation is 1. The second-order valence-electron chi connectivity index (χ2n) is 8.98. The Bertz CT molecular complexity index is 1430. The largest absolute Gasteiger partial charge is 0.365 e. The molecule has 2 aromatic carbocycles. The van der Waals surface area contributed by atoms with Gasteiger partial charge in [-0.05, 0) is 67.3 Å². The highest BCUT2D eigenvalue weighted by atomic mass is 32.2. The van der Waals surface area contributed by atoms with Crippen LogP contribution >= 0.6 is 11.3 Å². The molecule has 0 saturated carbocycles. The van der Waals surface area contributed by atoms with Gasteiger partial charge in [-0.15, -0.1) is 11.3 Å². The molecule has 3 N–H and O–H groups in total. The summed E-state index contributed by atoms with van der Waals surface area (Å²) in [5, 5.41) is 3.27. The molecule has 0 bridgehead atoms. The van der Waals surface area contributed by atoms with Crippen LogP contribution < -0.4 is 15.4 Å². The maximum atomic E-state index is 13.4. The third-order valence-electron chi connectivity index (χ3n) is 6.83. The van der Waals surface area contributed by atoms with Gasteiger partial charge in [-0.3, -0.25) is 18.8 Å². The van der Waals surface area contributed by atoms with Gasteiger partial charge in [0.15, 0.2) is 0 Å². The van der Waals surface area contributed by atoms with Crippen LogP contribution in [-0.2, 0) is 29.4 Å². The molecule has 2 aliphatic heterocycles. The number of para-hydroxylation sites is 1. The molecule has 0 radical (unpaired) electrons. The Kier molecular flexibility index (Phi) is 6.59. The van der Waals surface area contributed by atoms with Crippen molar-refractivity contribution in [1.29, 1.82) is 0 Å². The van der Waals surface area contributed by atoms with Gasteiger partial charge in [0.2, 0.25) is 0 Å². The molecule has 0 unspecified atom stereocenters. The van der Waals surface area contributed by atoms with Gasteiger partial charge in [-0.1, -0.05) is 25.1 Å². The van der Waals surface area contributed by atoms with E-state index in [4.69, 9.17) is 5.73 Å². The first kappa shape index (κ1) is 24.5. The summed E-state index contributed by atoms with van der Waals surface area (Å²) in [4.78, 5) is 28.7. The zero-order chi connectivity index (χ0) is 25.4. The molecule has 0 fully saturated rings. The number of sulfonamides is 1. The number of fused-ring (bicyclic) bond motifs is 2. The number of primary amides is 1. The van der Waals surface area contributed by atoms with Crippen LogP contribution in [0.25, 0.3) is 0 Å². The lowest BCUT2D eigenvalue weighted by atomic mass is 10.0. The Morgan fingerprint density at radius 1 is 1.06 bits per heavy atom. The molecule has 0 aliphatic carbocycles. The molecule has 1 aromatic heterocycles. The highest BCUT2D eigenvalue weighted by Crippen LogP contribution is 2.37. The van der Waals surface area contributed by atoms with Crippen LogP contribution in [0.4, 0.5) is 10.7 Å². The van der Waals surface area contributed by atoms with E-state index in [9.17, 15) is 18.0 Å². The molecule has 8 nitrogen and oxygen atoms in total. The fourth-order valence-electron chi connectivity index (χ4n) is 4.90. The van der Waals surface area contributed by atoms with Gasteiger partial charge in [-0.2, -0.15) is 0 Å². The molecule has 5 rings (SSSR count). The predicted molar refractivity (Wildman–Crippen MR) is 141 cm³/mol.